The zero-order chi connectivity index (χ0) is 15.4. The summed E-state index contributed by atoms with van der Waals surface area (Å²) in [6.45, 7) is 4.16. The van der Waals surface area contributed by atoms with Crippen molar-refractivity contribution < 1.29 is 4.79 Å². The van der Waals surface area contributed by atoms with E-state index in [0.717, 1.165) is 34.1 Å². The summed E-state index contributed by atoms with van der Waals surface area (Å²) in [7, 11) is 0. The Kier molecular flexibility index (Phi) is 5.02. The second-order valence-corrected chi connectivity index (χ2v) is 5.76. The molecule has 0 atom stereocenters. The van der Waals surface area contributed by atoms with Gasteiger partial charge in [0.15, 0.2) is 0 Å². The number of nitrogen functional groups attached to an aromatic ring is 1. The van der Waals surface area contributed by atoms with Crippen molar-refractivity contribution in [3.63, 3.8) is 0 Å². The number of aryl methyl sites for hydroxylation is 2. The van der Waals surface area contributed by atoms with Crippen LogP contribution in [0.1, 0.15) is 35.3 Å². The van der Waals surface area contributed by atoms with Gasteiger partial charge in [0.25, 0.3) is 5.91 Å². The molecule has 2 rings (SSSR count). The molecule has 0 heterocycles. The van der Waals surface area contributed by atoms with Crippen molar-refractivity contribution in [2.75, 3.05) is 11.1 Å². The van der Waals surface area contributed by atoms with Crippen LogP contribution in [0.25, 0.3) is 0 Å². The summed E-state index contributed by atoms with van der Waals surface area (Å²) in [5.74, 6) is -0.176. The Balaban J connectivity index is 2.38. The summed E-state index contributed by atoms with van der Waals surface area (Å²) >= 11 is 3.37. The normalized spacial score (nSPS) is 10.4. The van der Waals surface area contributed by atoms with Crippen molar-refractivity contribution in [3.8, 4) is 0 Å². The molecular formula is C17H19BrN2O. The molecule has 0 saturated carbocycles. The number of nitrogens with one attached hydrogen (secondary N) is 1. The highest BCUT2D eigenvalue weighted by Crippen LogP contribution is 2.25. The molecule has 0 radical (unpaired) electrons. The number of carbonyl (C=O) groups excluding carboxylic acids is 1. The third kappa shape index (κ3) is 3.45. The van der Waals surface area contributed by atoms with E-state index in [4.69, 9.17) is 5.73 Å². The summed E-state index contributed by atoms with van der Waals surface area (Å²) in [6, 6.07) is 11.4. The summed E-state index contributed by atoms with van der Waals surface area (Å²) in [5.41, 5.74) is 10.0. The fourth-order valence-corrected chi connectivity index (χ4v) is 2.67. The van der Waals surface area contributed by atoms with E-state index >= 15 is 0 Å². The van der Waals surface area contributed by atoms with Crippen molar-refractivity contribution in [2.45, 2.75) is 26.7 Å². The predicted molar refractivity (Wildman–Crippen MR) is 91.7 cm³/mol. The van der Waals surface area contributed by atoms with Gasteiger partial charge in [0.1, 0.15) is 0 Å². The fourth-order valence-electron chi connectivity index (χ4n) is 2.31. The number of nitrogens with two attached hydrogens (primary N) is 1. The first kappa shape index (κ1) is 15.6. The van der Waals surface area contributed by atoms with Crippen LogP contribution in [0, 0.1) is 0 Å². The van der Waals surface area contributed by atoms with Crippen LogP contribution in [0.5, 0.6) is 0 Å². The van der Waals surface area contributed by atoms with Gasteiger partial charge in [0.05, 0.1) is 5.56 Å². The smallest absolute Gasteiger partial charge is 0.257 e. The maximum atomic E-state index is 12.5. The van der Waals surface area contributed by atoms with Gasteiger partial charge in [-0.1, -0.05) is 48.0 Å². The number of amides is 1. The van der Waals surface area contributed by atoms with Crippen molar-refractivity contribution in [3.05, 3.63) is 57.6 Å². The van der Waals surface area contributed by atoms with Crippen molar-refractivity contribution in [1.29, 1.82) is 0 Å². The fraction of sp³-hybridized carbons (Fsp3) is 0.235. The van der Waals surface area contributed by atoms with E-state index in [1.807, 2.05) is 24.3 Å². The molecule has 3 nitrogen and oxygen atoms in total. The molecule has 0 saturated heterocycles. The number of hydrogen-bond donors (Lipinski definition) is 2. The molecule has 2 aromatic carbocycles. The van der Waals surface area contributed by atoms with E-state index in [9.17, 15) is 4.79 Å². The van der Waals surface area contributed by atoms with Crippen LogP contribution in [-0.4, -0.2) is 5.91 Å². The Morgan fingerprint density at radius 3 is 2.33 bits per heavy atom. The zero-order valence-corrected chi connectivity index (χ0v) is 13.8. The standard InChI is InChI=1S/C17H19BrN2O/c1-3-11-6-5-7-12(4-2)16(11)20-17(21)14-10-13(18)8-9-15(14)19/h5-10H,3-4,19H2,1-2H3,(H,20,21). The van der Waals surface area contributed by atoms with Gasteiger partial charge in [0.2, 0.25) is 0 Å². The van der Waals surface area contributed by atoms with Gasteiger partial charge in [-0.05, 0) is 42.2 Å². The highest BCUT2D eigenvalue weighted by atomic mass is 79.9. The number of hydrogen-bond acceptors (Lipinski definition) is 2. The summed E-state index contributed by atoms with van der Waals surface area (Å²) in [4.78, 5) is 12.5. The van der Waals surface area contributed by atoms with Gasteiger partial charge in [-0.2, -0.15) is 0 Å². The van der Waals surface area contributed by atoms with E-state index in [1.54, 1.807) is 12.1 Å². The minimum atomic E-state index is -0.176. The largest absolute Gasteiger partial charge is 0.398 e. The number of rotatable bonds is 4. The van der Waals surface area contributed by atoms with Crippen molar-refractivity contribution in [2.24, 2.45) is 0 Å². The topological polar surface area (TPSA) is 55.1 Å². The average Bonchev–Trinajstić information content (AvgIpc) is 2.49. The molecule has 0 unspecified atom stereocenters. The molecule has 0 aliphatic carbocycles. The van der Waals surface area contributed by atoms with E-state index < -0.39 is 0 Å². The maximum absolute atomic E-state index is 12.5. The molecule has 3 N–H and O–H groups in total. The molecule has 110 valence electrons. The molecule has 0 bridgehead atoms. The third-order valence-electron chi connectivity index (χ3n) is 3.50. The predicted octanol–water partition coefficient (Wildman–Crippen LogP) is 4.41. The van der Waals surface area contributed by atoms with Crippen molar-refractivity contribution >= 4 is 33.2 Å². The first-order valence-corrected chi connectivity index (χ1v) is 7.83. The van der Waals surface area contributed by atoms with E-state index in [1.165, 1.54) is 0 Å². The zero-order valence-electron chi connectivity index (χ0n) is 12.2. The number of para-hydroxylation sites is 1. The molecular weight excluding hydrogens is 328 g/mol. The second kappa shape index (κ2) is 6.76. The molecule has 0 aliphatic heterocycles. The SMILES string of the molecule is CCc1cccc(CC)c1NC(=O)c1cc(Br)ccc1N. The first-order valence-electron chi connectivity index (χ1n) is 7.04. The molecule has 4 heteroatoms. The van der Waals surface area contributed by atoms with E-state index in [0.29, 0.717) is 11.3 Å². The van der Waals surface area contributed by atoms with Gasteiger partial charge in [-0.3, -0.25) is 4.79 Å². The molecule has 0 spiro atoms. The van der Waals surface area contributed by atoms with Crippen LogP contribution in [0.15, 0.2) is 40.9 Å². The summed E-state index contributed by atoms with van der Waals surface area (Å²) in [5, 5.41) is 3.03. The van der Waals surface area contributed by atoms with E-state index in [2.05, 4.69) is 35.1 Å². The Labute approximate surface area is 133 Å². The molecule has 0 aliphatic rings. The number of halogens is 1. The lowest BCUT2D eigenvalue weighted by atomic mass is 10.0. The van der Waals surface area contributed by atoms with Crippen molar-refractivity contribution in [1.82, 2.24) is 0 Å². The Hall–Kier alpha value is -1.81. The van der Waals surface area contributed by atoms with Crippen LogP contribution < -0.4 is 11.1 Å². The van der Waals surface area contributed by atoms with Gasteiger partial charge >= 0.3 is 0 Å². The number of carbonyl (C=O) groups is 1. The summed E-state index contributed by atoms with van der Waals surface area (Å²) in [6.07, 6.45) is 1.74. The number of anilines is 2. The quantitative estimate of drug-likeness (QED) is 0.805. The Morgan fingerprint density at radius 1 is 1.14 bits per heavy atom. The van der Waals surface area contributed by atoms with Crippen LogP contribution >= 0.6 is 15.9 Å². The maximum Gasteiger partial charge on any atom is 0.257 e. The molecule has 1 amide bonds. The van der Waals surface area contributed by atoms with Gasteiger partial charge in [-0.25, -0.2) is 0 Å². The lowest BCUT2D eigenvalue weighted by Gasteiger charge is -2.15. The molecule has 21 heavy (non-hydrogen) atoms. The first-order chi connectivity index (χ1) is 10.1. The average molecular weight is 347 g/mol. The Morgan fingerprint density at radius 2 is 1.76 bits per heavy atom. The van der Waals surface area contributed by atoms with E-state index in [-0.39, 0.29) is 5.91 Å². The van der Waals surface area contributed by atoms with Gasteiger partial charge in [0, 0.05) is 15.8 Å². The van der Waals surface area contributed by atoms with Crippen LogP contribution in [0.3, 0.4) is 0 Å². The monoisotopic (exact) mass is 346 g/mol. The minimum absolute atomic E-state index is 0.176. The summed E-state index contributed by atoms with van der Waals surface area (Å²) < 4.78 is 0.835. The van der Waals surface area contributed by atoms with Crippen LogP contribution in [0.2, 0.25) is 0 Å². The molecule has 0 fully saturated rings. The van der Waals surface area contributed by atoms with Crippen LogP contribution in [-0.2, 0) is 12.8 Å². The highest BCUT2D eigenvalue weighted by molar-refractivity contribution is 9.10. The molecule has 0 aromatic heterocycles. The highest BCUT2D eigenvalue weighted by Gasteiger charge is 2.14. The number of benzene rings is 2. The van der Waals surface area contributed by atoms with Gasteiger partial charge < -0.3 is 11.1 Å². The lowest BCUT2D eigenvalue weighted by Crippen LogP contribution is -2.16. The molecule has 2 aromatic rings. The van der Waals surface area contributed by atoms with Crippen LogP contribution in [0.4, 0.5) is 11.4 Å². The lowest BCUT2D eigenvalue weighted by molar-refractivity contribution is 0.102. The second-order valence-electron chi connectivity index (χ2n) is 4.84. The Bertz CT molecular complexity index is 646. The minimum Gasteiger partial charge on any atom is -0.398 e. The third-order valence-corrected chi connectivity index (χ3v) is 3.99. The van der Waals surface area contributed by atoms with Gasteiger partial charge in [-0.15, -0.1) is 0 Å².